The first-order valence-corrected chi connectivity index (χ1v) is 7.43. The van der Waals surface area contributed by atoms with E-state index in [-0.39, 0.29) is 10.6 Å². The van der Waals surface area contributed by atoms with Crippen molar-refractivity contribution in [1.82, 2.24) is 0 Å². The zero-order chi connectivity index (χ0) is 13.9. The summed E-state index contributed by atoms with van der Waals surface area (Å²) in [4.78, 5) is -0.00866. The maximum absolute atomic E-state index is 13.1. The number of sulfone groups is 1. The fraction of sp³-hybridized carbons (Fsp3) is 0.143. The summed E-state index contributed by atoms with van der Waals surface area (Å²) in [5, 5.41) is 0. The molecule has 5 heteroatoms. The van der Waals surface area contributed by atoms with E-state index in [1.165, 1.54) is 18.2 Å². The van der Waals surface area contributed by atoms with Crippen LogP contribution in [0.1, 0.15) is 11.1 Å². The number of benzene rings is 2. The van der Waals surface area contributed by atoms with Gasteiger partial charge < -0.3 is 5.73 Å². The Bertz CT molecular complexity index is 683. The third-order valence-electron chi connectivity index (χ3n) is 2.74. The summed E-state index contributed by atoms with van der Waals surface area (Å²) in [5.74, 6) is -0.721. The van der Waals surface area contributed by atoms with Crippen LogP contribution in [0, 0.1) is 5.82 Å². The van der Waals surface area contributed by atoms with Gasteiger partial charge in [0.25, 0.3) is 0 Å². The molecule has 0 atom stereocenters. The maximum atomic E-state index is 13.1. The van der Waals surface area contributed by atoms with Gasteiger partial charge in [-0.25, -0.2) is 12.8 Å². The van der Waals surface area contributed by atoms with Crippen LogP contribution in [-0.2, 0) is 22.1 Å². The third kappa shape index (κ3) is 3.39. The first kappa shape index (κ1) is 13.7. The van der Waals surface area contributed by atoms with Crippen LogP contribution < -0.4 is 5.73 Å². The summed E-state index contributed by atoms with van der Waals surface area (Å²) in [7, 11) is -3.54. The summed E-state index contributed by atoms with van der Waals surface area (Å²) in [6.45, 7) is 0.355. The van der Waals surface area contributed by atoms with Crippen molar-refractivity contribution in [3.63, 3.8) is 0 Å². The molecule has 0 aliphatic rings. The van der Waals surface area contributed by atoms with Gasteiger partial charge in [0.05, 0.1) is 10.6 Å². The second-order valence-electron chi connectivity index (χ2n) is 4.24. The molecule has 0 bridgehead atoms. The van der Waals surface area contributed by atoms with Crippen molar-refractivity contribution in [2.24, 2.45) is 5.73 Å². The minimum Gasteiger partial charge on any atom is -0.326 e. The van der Waals surface area contributed by atoms with Crippen LogP contribution in [0.25, 0.3) is 0 Å². The molecule has 100 valence electrons. The van der Waals surface area contributed by atoms with Gasteiger partial charge in [0.2, 0.25) is 0 Å². The van der Waals surface area contributed by atoms with E-state index < -0.39 is 15.7 Å². The molecule has 0 aliphatic heterocycles. The van der Waals surface area contributed by atoms with Crippen molar-refractivity contribution in [2.45, 2.75) is 17.2 Å². The summed E-state index contributed by atoms with van der Waals surface area (Å²) in [6, 6.07) is 12.1. The first-order valence-electron chi connectivity index (χ1n) is 5.77. The monoisotopic (exact) mass is 279 g/mol. The predicted octanol–water partition coefficient (Wildman–Crippen LogP) is 2.26. The lowest BCUT2D eigenvalue weighted by Gasteiger charge is -2.06. The molecule has 0 aliphatic carbocycles. The van der Waals surface area contributed by atoms with E-state index in [9.17, 15) is 12.8 Å². The Hall–Kier alpha value is -1.72. The standard InChI is InChI=1S/C14H14FNO2S/c15-13-5-2-6-14(8-13)19(17,18)10-12-4-1-3-11(7-12)9-16/h1-8H,9-10,16H2. The minimum atomic E-state index is -3.54. The SMILES string of the molecule is NCc1cccc(CS(=O)(=O)c2cccc(F)c2)c1. The summed E-state index contributed by atoms with van der Waals surface area (Å²) in [5.41, 5.74) is 7.03. The number of nitrogens with two attached hydrogens (primary N) is 1. The van der Waals surface area contributed by atoms with E-state index in [4.69, 9.17) is 5.73 Å². The van der Waals surface area contributed by atoms with Gasteiger partial charge in [0.1, 0.15) is 5.82 Å². The highest BCUT2D eigenvalue weighted by Crippen LogP contribution is 2.18. The molecule has 0 spiro atoms. The van der Waals surface area contributed by atoms with Crippen molar-refractivity contribution < 1.29 is 12.8 Å². The van der Waals surface area contributed by atoms with Crippen LogP contribution in [0.4, 0.5) is 4.39 Å². The summed E-state index contributed by atoms with van der Waals surface area (Å²) >= 11 is 0. The molecular formula is C14H14FNO2S. The Morgan fingerprint density at radius 1 is 1.00 bits per heavy atom. The zero-order valence-electron chi connectivity index (χ0n) is 10.2. The Labute approximate surface area is 111 Å². The molecule has 0 saturated heterocycles. The molecule has 2 rings (SSSR count). The van der Waals surface area contributed by atoms with Crippen LogP contribution in [0.3, 0.4) is 0 Å². The van der Waals surface area contributed by atoms with Crippen LogP contribution in [0.15, 0.2) is 53.4 Å². The lowest BCUT2D eigenvalue weighted by atomic mass is 10.1. The average molecular weight is 279 g/mol. The van der Waals surface area contributed by atoms with Gasteiger partial charge in [-0.3, -0.25) is 0 Å². The lowest BCUT2D eigenvalue weighted by Crippen LogP contribution is -2.06. The lowest BCUT2D eigenvalue weighted by molar-refractivity contribution is 0.590. The minimum absolute atomic E-state index is 0.00866. The van der Waals surface area contributed by atoms with Crippen molar-refractivity contribution in [1.29, 1.82) is 0 Å². The largest absolute Gasteiger partial charge is 0.326 e. The fourth-order valence-corrected chi connectivity index (χ4v) is 3.17. The molecule has 19 heavy (non-hydrogen) atoms. The molecule has 2 aromatic rings. The van der Waals surface area contributed by atoms with Crippen LogP contribution in [-0.4, -0.2) is 8.42 Å². The zero-order valence-corrected chi connectivity index (χ0v) is 11.0. The molecule has 0 unspecified atom stereocenters. The molecule has 0 amide bonds. The van der Waals surface area contributed by atoms with Gasteiger partial charge in [-0.05, 0) is 29.3 Å². The second kappa shape index (κ2) is 5.50. The molecule has 2 aromatic carbocycles. The average Bonchev–Trinajstić information content (AvgIpc) is 2.38. The van der Waals surface area contributed by atoms with E-state index in [2.05, 4.69) is 0 Å². The Morgan fingerprint density at radius 2 is 1.68 bits per heavy atom. The first-order chi connectivity index (χ1) is 9.01. The van der Waals surface area contributed by atoms with E-state index in [1.807, 2.05) is 6.07 Å². The fourth-order valence-electron chi connectivity index (χ4n) is 1.81. The predicted molar refractivity (Wildman–Crippen MR) is 71.6 cm³/mol. The van der Waals surface area contributed by atoms with Gasteiger partial charge in [0, 0.05) is 6.54 Å². The smallest absolute Gasteiger partial charge is 0.182 e. The molecule has 0 aromatic heterocycles. The van der Waals surface area contributed by atoms with Crippen molar-refractivity contribution >= 4 is 9.84 Å². The van der Waals surface area contributed by atoms with Gasteiger partial charge >= 0.3 is 0 Å². The van der Waals surface area contributed by atoms with Crippen LogP contribution in [0.2, 0.25) is 0 Å². The van der Waals surface area contributed by atoms with Crippen LogP contribution in [0.5, 0.6) is 0 Å². The van der Waals surface area contributed by atoms with Gasteiger partial charge in [-0.1, -0.05) is 30.3 Å². The van der Waals surface area contributed by atoms with Crippen LogP contribution >= 0.6 is 0 Å². The highest BCUT2D eigenvalue weighted by Gasteiger charge is 2.16. The topological polar surface area (TPSA) is 60.2 Å². The molecular weight excluding hydrogens is 265 g/mol. The Kier molecular flexibility index (Phi) is 3.97. The highest BCUT2D eigenvalue weighted by atomic mass is 32.2. The van der Waals surface area contributed by atoms with E-state index in [0.717, 1.165) is 11.6 Å². The molecule has 0 radical (unpaired) electrons. The number of halogens is 1. The highest BCUT2D eigenvalue weighted by molar-refractivity contribution is 7.90. The normalized spacial score (nSPS) is 11.5. The van der Waals surface area contributed by atoms with Crippen molar-refractivity contribution in [3.05, 3.63) is 65.5 Å². The maximum Gasteiger partial charge on any atom is 0.182 e. The van der Waals surface area contributed by atoms with Crippen molar-refractivity contribution in [2.75, 3.05) is 0 Å². The molecule has 0 heterocycles. The Balaban J connectivity index is 2.31. The van der Waals surface area contributed by atoms with E-state index in [0.29, 0.717) is 12.1 Å². The van der Waals surface area contributed by atoms with Gasteiger partial charge in [-0.2, -0.15) is 0 Å². The summed E-state index contributed by atoms with van der Waals surface area (Å²) < 4.78 is 37.4. The number of hydrogen-bond acceptors (Lipinski definition) is 3. The third-order valence-corrected chi connectivity index (χ3v) is 4.42. The summed E-state index contributed by atoms with van der Waals surface area (Å²) in [6.07, 6.45) is 0. The molecule has 0 fully saturated rings. The number of hydrogen-bond donors (Lipinski definition) is 1. The van der Waals surface area contributed by atoms with E-state index in [1.54, 1.807) is 18.2 Å². The molecule has 3 nitrogen and oxygen atoms in total. The van der Waals surface area contributed by atoms with Gasteiger partial charge in [-0.15, -0.1) is 0 Å². The van der Waals surface area contributed by atoms with E-state index >= 15 is 0 Å². The van der Waals surface area contributed by atoms with Gasteiger partial charge in [0.15, 0.2) is 9.84 Å². The van der Waals surface area contributed by atoms with Crippen molar-refractivity contribution in [3.8, 4) is 0 Å². The Morgan fingerprint density at radius 3 is 2.37 bits per heavy atom. The second-order valence-corrected chi connectivity index (χ2v) is 6.23. The quantitative estimate of drug-likeness (QED) is 0.934. The molecule has 2 N–H and O–H groups in total. The molecule has 0 saturated carbocycles. The number of rotatable bonds is 4.